The first-order valence-electron chi connectivity index (χ1n) is 17.0. The summed E-state index contributed by atoms with van der Waals surface area (Å²) in [6.45, 7) is 0. The van der Waals surface area contributed by atoms with Crippen LogP contribution in [0, 0.1) is 0 Å². The van der Waals surface area contributed by atoms with E-state index in [1.165, 1.54) is 0 Å². The van der Waals surface area contributed by atoms with Gasteiger partial charge in [0.1, 0.15) is 16.6 Å². The molecule has 7 nitrogen and oxygen atoms in total. The van der Waals surface area contributed by atoms with Gasteiger partial charge in [-0.3, -0.25) is 0 Å². The van der Waals surface area contributed by atoms with Crippen LogP contribution >= 0.6 is 0 Å². The van der Waals surface area contributed by atoms with Gasteiger partial charge in [-0.25, -0.2) is 15.0 Å². The fraction of sp³-hybridized carbons (Fsp3) is 0. The molecule has 10 rings (SSSR count). The lowest BCUT2D eigenvalue weighted by Crippen LogP contribution is -2.09. The topological polar surface area (TPSA) is 81.3 Å². The molecule has 3 heterocycles. The van der Waals surface area contributed by atoms with Gasteiger partial charge in [0.2, 0.25) is 17.7 Å². The second-order valence-corrected chi connectivity index (χ2v) is 12.5. The highest BCUT2D eigenvalue weighted by Crippen LogP contribution is 2.40. The summed E-state index contributed by atoms with van der Waals surface area (Å²) in [4.78, 5) is 16.5. The number of aromatic nitrogens is 3. The number of rotatable bonds is 7. The number of oxazole rings is 3. The maximum absolute atomic E-state index is 6.30. The van der Waals surface area contributed by atoms with Gasteiger partial charge in [0, 0.05) is 45.9 Å². The average Bonchev–Trinajstić information content (AvgIpc) is 3.96. The molecule has 0 atom stereocenters. The Morgan fingerprint density at radius 1 is 0.308 bits per heavy atom. The monoisotopic (exact) mass is 672 g/mol. The van der Waals surface area contributed by atoms with Crippen LogP contribution in [0.25, 0.3) is 78.8 Å². The van der Waals surface area contributed by atoms with Crippen LogP contribution in [-0.4, -0.2) is 15.0 Å². The van der Waals surface area contributed by atoms with Gasteiger partial charge in [-0.15, -0.1) is 0 Å². The standard InChI is InChI=1S/C45H28N4O3/c1-4-10-30(11-5-1)43-46-37-23-21-35(27-41(37)51-43)49(36-22-24-38-42(28-36)52-44(47-38)31-12-6-2-7-13-31)34-19-16-29(17-20-34)33-18-25-40-39(26-33)48-45(50-40)32-14-8-3-9-15-32/h1-28H. The van der Waals surface area contributed by atoms with Gasteiger partial charge in [-0.2, -0.15) is 0 Å². The van der Waals surface area contributed by atoms with Gasteiger partial charge >= 0.3 is 0 Å². The number of hydrogen-bond acceptors (Lipinski definition) is 7. The van der Waals surface area contributed by atoms with E-state index in [2.05, 4.69) is 53.4 Å². The summed E-state index contributed by atoms with van der Waals surface area (Å²) in [6.07, 6.45) is 0. The minimum absolute atomic E-state index is 0.583. The van der Waals surface area contributed by atoms with Gasteiger partial charge in [-0.1, -0.05) is 72.8 Å². The zero-order valence-electron chi connectivity index (χ0n) is 27.7. The van der Waals surface area contributed by atoms with Crippen molar-refractivity contribution in [2.45, 2.75) is 0 Å². The van der Waals surface area contributed by atoms with E-state index in [0.29, 0.717) is 28.8 Å². The lowest BCUT2D eigenvalue weighted by atomic mass is 10.0. The van der Waals surface area contributed by atoms with E-state index in [4.69, 9.17) is 28.2 Å². The number of benzene rings is 7. The fourth-order valence-corrected chi connectivity index (χ4v) is 6.57. The molecule has 0 aliphatic carbocycles. The maximum atomic E-state index is 6.30. The van der Waals surface area contributed by atoms with Crippen LogP contribution in [0.15, 0.2) is 183 Å². The van der Waals surface area contributed by atoms with Crippen molar-refractivity contribution in [1.29, 1.82) is 0 Å². The van der Waals surface area contributed by atoms with Gasteiger partial charge in [0.25, 0.3) is 0 Å². The predicted molar refractivity (Wildman–Crippen MR) is 206 cm³/mol. The van der Waals surface area contributed by atoms with E-state index in [1.807, 2.05) is 121 Å². The molecule has 0 saturated carbocycles. The summed E-state index contributed by atoms with van der Waals surface area (Å²) in [7, 11) is 0. The average molecular weight is 673 g/mol. The van der Waals surface area contributed by atoms with Crippen LogP contribution in [0.4, 0.5) is 17.1 Å². The summed E-state index contributed by atoms with van der Waals surface area (Å²) in [5, 5.41) is 0. The normalized spacial score (nSPS) is 11.5. The van der Waals surface area contributed by atoms with Gasteiger partial charge in [0.15, 0.2) is 16.7 Å². The molecule has 246 valence electrons. The molecule has 3 aromatic heterocycles. The zero-order valence-corrected chi connectivity index (χ0v) is 27.7. The molecule has 0 spiro atoms. The van der Waals surface area contributed by atoms with Crippen molar-refractivity contribution >= 4 is 50.4 Å². The van der Waals surface area contributed by atoms with Crippen molar-refractivity contribution in [2.24, 2.45) is 0 Å². The molecule has 7 heteroatoms. The Labute approximate surface area is 298 Å². The Kier molecular flexibility index (Phi) is 6.99. The molecule has 0 bridgehead atoms. The number of nitrogens with zero attached hydrogens (tertiary/aromatic N) is 4. The van der Waals surface area contributed by atoms with Crippen LogP contribution in [-0.2, 0) is 0 Å². The van der Waals surface area contributed by atoms with E-state index >= 15 is 0 Å². The summed E-state index contributed by atoms with van der Waals surface area (Å²) < 4.78 is 18.7. The molecule has 0 aliphatic rings. The van der Waals surface area contributed by atoms with Gasteiger partial charge in [-0.05, 0) is 96.1 Å². The van der Waals surface area contributed by atoms with E-state index in [1.54, 1.807) is 0 Å². The van der Waals surface area contributed by atoms with Crippen molar-refractivity contribution in [3.63, 3.8) is 0 Å². The van der Waals surface area contributed by atoms with Crippen molar-refractivity contribution < 1.29 is 13.3 Å². The lowest BCUT2D eigenvalue weighted by molar-refractivity contribution is 0.619. The smallest absolute Gasteiger partial charge is 0.227 e. The number of fused-ring (bicyclic) bond motifs is 3. The minimum atomic E-state index is 0.583. The van der Waals surface area contributed by atoms with Crippen LogP contribution in [0.2, 0.25) is 0 Å². The lowest BCUT2D eigenvalue weighted by Gasteiger charge is -2.25. The summed E-state index contributed by atoms with van der Waals surface area (Å²) >= 11 is 0. The van der Waals surface area contributed by atoms with Crippen LogP contribution in [0.5, 0.6) is 0 Å². The number of anilines is 3. The third-order valence-electron chi connectivity index (χ3n) is 9.17. The fourth-order valence-electron chi connectivity index (χ4n) is 6.57. The Morgan fingerprint density at radius 3 is 1.23 bits per heavy atom. The van der Waals surface area contributed by atoms with Crippen molar-refractivity contribution in [1.82, 2.24) is 15.0 Å². The Bertz CT molecular complexity index is 2720. The van der Waals surface area contributed by atoms with E-state index in [0.717, 1.165) is 67.0 Å². The molecule has 0 aliphatic heterocycles. The molecule has 0 N–H and O–H groups in total. The first kappa shape index (κ1) is 29.6. The quantitative estimate of drug-likeness (QED) is 0.167. The molecule has 0 unspecified atom stereocenters. The predicted octanol–water partition coefficient (Wildman–Crippen LogP) is 12.2. The molecule has 0 amide bonds. The Hall–Kier alpha value is -7.25. The van der Waals surface area contributed by atoms with Crippen LogP contribution in [0.1, 0.15) is 0 Å². The molecule has 0 saturated heterocycles. The molecule has 52 heavy (non-hydrogen) atoms. The molecule has 7 aromatic carbocycles. The third kappa shape index (κ3) is 5.37. The second-order valence-electron chi connectivity index (χ2n) is 12.5. The largest absolute Gasteiger partial charge is 0.436 e. The Balaban J connectivity index is 1.05. The van der Waals surface area contributed by atoms with E-state index in [-0.39, 0.29) is 0 Å². The number of hydrogen-bond donors (Lipinski definition) is 0. The van der Waals surface area contributed by atoms with Gasteiger partial charge in [0.05, 0.1) is 0 Å². The summed E-state index contributed by atoms with van der Waals surface area (Å²) in [6, 6.07) is 56.7. The first-order chi connectivity index (χ1) is 25.7. The SMILES string of the molecule is c1ccc(-c2nc3cc(-c4ccc(N(c5ccc6nc(-c7ccccc7)oc6c5)c5ccc6nc(-c7ccccc7)oc6c5)cc4)ccc3o2)cc1. The molecule has 10 aromatic rings. The Morgan fingerprint density at radius 2 is 0.731 bits per heavy atom. The second kappa shape index (κ2) is 12.3. The van der Waals surface area contributed by atoms with Crippen molar-refractivity contribution in [3.05, 3.63) is 170 Å². The molecular weight excluding hydrogens is 645 g/mol. The molecular formula is C45H28N4O3. The van der Waals surface area contributed by atoms with E-state index in [9.17, 15) is 0 Å². The highest BCUT2D eigenvalue weighted by molar-refractivity contribution is 5.89. The maximum Gasteiger partial charge on any atom is 0.227 e. The minimum Gasteiger partial charge on any atom is -0.436 e. The van der Waals surface area contributed by atoms with Crippen LogP contribution in [0.3, 0.4) is 0 Å². The zero-order chi connectivity index (χ0) is 34.4. The van der Waals surface area contributed by atoms with Gasteiger partial charge < -0.3 is 18.2 Å². The highest BCUT2D eigenvalue weighted by Gasteiger charge is 2.18. The third-order valence-corrected chi connectivity index (χ3v) is 9.17. The molecule has 0 radical (unpaired) electrons. The van der Waals surface area contributed by atoms with Crippen molar-refractivity contribution in [2.75, 3.05) is 4.90 Å². The summed E-state index contributed by atoms with van der Waals surface area (Å²) in [5.74, 6) is 1.78. The molecule has 0 fully saturated rings. The van der Waals surface area contributed by atoms with Crippen molar-refractivity contribution in [3.8, 4) is 45.5 Å². The van der Waals surface area contributed by atoms with E-state index < -0.39 is 0 Å². The first-order valence-corrected chi connectivity index (χ1v) is 17.0. The van der Waals surface area contributed by atoms with Crippen LogP contribution < -0.4 is 4.90 Å². The summed E-state index contributed by atoms with van der Waals surface area (Å²) in [5.41, 5.74) is 12.2. The highest BCUT2D eigenvalue weighted by atomic mass is 16.4.